The van der Waals surface area contributed by atoms with Gasteiger partial charge in [0.05, 0.1) is 13.2 Å². The number of ketones is 1. The van der Waals surface area contributed by atoms with Gasteiger partial charge < -0.3 is 19.9 Å². The molecule has 2 aliphatic rings. The van der Waals surface area contributed by atoms with E-state index in [0.29, 0.717) is 37.3 Å². The molecule has 8 heteroatoms. The zero-order chi connectivity index (χ0) is 26.6. The Morgan fingerprint density at radius 2 is 2.03 bits per heavy atom. The number of carbonyl (C=O) groups is 3. The van der Waals surface area contributed by atoms with E-state index in [4.69, 9.17) is 4.74 Å². The number of Topliss-reactive ketones (excluding diaryl/α,β-unsaturated/α-hetero) is 1. The highest BCUT2D eigenvalue weighted by Gasteiger charge is 2.41. The predicted octanol–water partition coefficient (Wildman–Crippen LogP) is 4.02. The van der Waals surface area contributed by atoms with Crippen LogP contribution in [0.1, 0.15) is 48.2 Å². The highest BCUT2D eigenvalue weighted by molar-refractivity contribution is 6.01. The van der Waals surface area contributed by atoms with Gasteiger partial charge in [0.2, 0.25) is 5.91 Å². The number of rotatable bonds is 8. The first-order valence-corrected chi connectivity index (χ1v) is 13.2. The summed E-state index contributed by atoms with van der Waals surface area (Å²) in [6, 6.07) is 18.0. The molecular formula is C30H32N4O4. The third-order valence-electron chi connectivity index (χ3n) is 7.82. The van der Waals surface area contributed by atoms with Gasteiger partial charge in [-0.25, -0.2) is 0 Å². The van der Waals surface area contributed by atoms with Gasteiger partial charge in [0.15, 0.2) is 0 Å². The molecule has 5 rings (SSSR count). The van der Waals surface area contributed by atoms with Gasteiger partial charge in [-0.3, -0.25) is 14.4 Å². The van der Waals surface area contributed by atoms with Crippen LogP contribution < -0.4 is 10.1 Å². The molecule has 3 aromatic rings. The fourth-order valence-electron chi connectivity index (χ4n) is 5.90. The van der Waals surface area contributed by atoms with Crippen LogP contribution in [0.3, 0.4) is 0 Å². The summed E-state index contributed by atoms with van der Waals surface area (Å²) in [5, 5.41) is 13.4. The number of benzene rings is 2. The summed E-state index contributed by atoms with van der Waals surface area (Å²) in [7, 11) is 1.59. The van der Waals surface area contributed by atoms with Crippen LogP contribution in [0, 0.1) is 23.2 Å². The van der Waals surface area contributed by atoms with Crippen molar-refractivity contribution in [2.75, 3.05) is 13.7 Å². The molecule has 2 N–H and O–H groups in total. The molecule has 1 saturated carbocycles. The molecule has 0 bridgehead atoms. The van der Waals surface area contributed by atoms with Gasteiger partial charge in [-0.15, -0.1) is 0 Å². The largest absolute Gasteiger partial charge is 0.496 e. The number of ether oxygens (including phenoxy) is 1. The molecule has 2 fully saturated rings. The molecule has 4 atom stereocenters. The van der Waals surface area contributed by atoms with Gasteiger partial charge in [0.25, 0.3) is 5.91 Å². The van der Waals surface area contributed by atoms with Crippen molar-refractivity contribution in [1.29, 1.82) is 5.26 Å². The van der Waals surface area contributed by atoms with E-state index in [1.807, 2.05) is 48.5 Å². The lowest BCUT2D eigenvalue weighted by Crippen LogP contribution is -2.49. The second kappa shape index (κ2) is 11.1. The first-order chi connectivity index (χ1) is 18.5. The second-order valence-corrected chi connectivity index (χ2v) is 10.4. The van der Waals surface area contributed by atoms with Gasteiger partial charge in [0, 0.05) is 29.8 Å². The number of H-pyrrole nitrogens is 1. The maximum absolute atomic E-state index is 13.8. The van der Waals surface area contributed by atoms with Crippen molar-refractivity contribution in [3.8, 4) is 11.8 Å². The summed E-state index contributed by atoms with van der Waals surface area (Å²) in [6.45, 7) is 0.427. The molecule has 0 spiro atoms. The van der Waals surface area contributed by atoms with E-state index < -0.39 is 12.1 Å². The smallest absolute Gasteiger partial charge is 0.270 e. The number of nitrogens with zero attached hydrogens (tertiary/aromatic N) is 2. The fraction of sp³-hybridized carbons (Fsp3) is 0.400. The van der Waals surface area contributed by atoms with Crippen LogP contribution in [-0.2, 0) is 16.0 Å². The summed E-state index contributed by atoms with van der Waals surface area (Å²) < 4.78 is 5.44. The van der Waals surface area contributed by atoms with Crippen LogP contribution in [0.5, 0.6) is 5.75 Å². The summed E-state index contributed by atoms with van der Waals surface area (Å²) >= 11 is 0. The third kappa shape index (κ3) is 5.28. The molecule has 2 aromatic carbocycles. The average Bonchev–Trinajstić information content (AvgIpc) is 3.66. The van der Waals surface area contributed by atoms with Crippen molar-refractivity contribution < 1.29 is 19.1 Å². The van der Waals surface area contributed by atoms with Gasteiger partial charge in [-0.1, -0.05) is 36.4 Å². The van der Waals surface area contributed by atoms with E-state index >= 15 is 0 Å². The Morgan fingerprint density at radius 3 is 2.74 bits per heavy atom. The highest BCUT2D eigenvalue weighted by atomic mass is 16.5. The average molecular weight is 513 g/mol. The minimum atomic E-state index is -0.767. The first kappa shape index (κ1) is 25.5. The Bertz CT molecular complexity index is 1380. The third-order valence-corrected chi connectivity index (χ3v) is 7.82. The molecule has 1 saturated heterocycles. The summed E-state index contributed by atoms with van der Waals surface area (Å²) in [5.41, 5.74) is 2.31. The number of nitrogens with one attached hydrogen (secondary N) is 2. The van der Waals surface area contributed by atoms with E-state index in [1.165, 1.54) is 0 Å². The number of likely N-dealkylation sites (tertiary alicyclic amines) is 1. The van der Waals surface area contributed by atoms with E-state index in [0.717, 1.165) is 35.7 Å². The van der Waals surface area contributed by atoms with Crippen molar-refractivity contribution >= 4 is 28.5 Å². The Balaban J connectivity index is 1.37. The van der Waals surface area contributed by atoms with Gasteiger partial charge >= 0.3 is 0 Å². The lowest BCUT2D eigenvalue weighted by atomic mass is 9.96. The zero-order valence-corrected chi connectivity index (χ0v) is 21.5. The van der Waals surface area contributed by atoms with Gasteiger partial charge in [0.1, 0.15) is 29.3 Å². The summed E-state index contributed by atoms with van der Waals surface area (Å²) in [6.07, 6.45) is 3.68. The van der Waals surface area contributed by atoms with Crippen LogP contribution in [0.2, 0.25) is 0 Å². The lowest BCUT2D eigenvalue weighted by Gasteiger charge is -2.25. The molecule has 8 nitrogen and oxygen atoms in total. The fourth-order valence-corrected chi connectivity index (χ4v) is 5.90. The maximum atomic E-state index is 13.8. The first-order valence-electron chi connectivity index (χ1n) is 13.2. The monoisotopic (exact) mass is 512 g/mol. The second-order valence-electron chi connectivity index (χ2n) is 10.4. The number of nitriles is 1. The SMILES string of the molecule is COc1cccc2[nH]c(C(=O)N3CC(Cc4ccccc4)CC3C(=O)NC(C#N)CC3CCCC3=O)cc12. The Kier molecular flexibility index (Phi) is 7.45. The standard InChI is InChI=1S/C30H32N4O4/c1-38-28-12-6-10-24-23(28)16-25(33-24)30(37)34-18-20(13-19-7-3-2-4-8-19)14-26(34)29(36)32-22(17-31)15-21-9-5-11-27(21)35/h2-4,6-8,10,12,16,20-22,26,33H,5,9,11,13-15,18H2,1H3,(H,32,36). The number of aromatic amines is 1. The van der Waals surface area contributed by atoms with Crippen LogP contribution in [0.4, 0.5) is 0 Å². The Morgan fingerprint density at radius 1 is 1.21 bits per heavy atom. The van der Waals surface area contributed by atoms with Crippen molar-refractivity contribution in [2.24, 2.45) is 11.8 Å². The molecule has 2 amide bonds. The molecule has 0 radical (unpaired) electrons. The van der Waals surface area contributed by atoms with Gasteiger partial charge in [-0.05, 0) is 61.8 Å². The maximum Gasteiger partial charge on any atom is 0.270 e. The number of aromatic nitrogens is 1. The predicted molar refractivity (Wildman–Crippen MR) is 142 cm³/mol. The van der Waals surface area contributed by atoms with Crippen molar-refractivity contribution in [1.82, 2.24) is 15.2 Å². The number of hydrogen-bond acceptors (Lipinski definition) is 5. The zero-order valence-electron chi connectivity index (χ0n) is 21.5. The summed E-state index contributed by atoms with van der Waals surface area (Å²) in [4.78, 5) is 44.2. The number of fused-ring (bicyclic) bond motifs is 1. The van der Waals surface area contributed by atoms with Crippen LogP contribution in [0.25, 0.3) is 10.9 Å². The molecule has 38 heavy (non-hydrogen) atoms. The molecule has 2 heterocycles. The minimum Gasteiger partial charge on any atom is -0.496 e. The quantitative estimate of drug-likeness (QED) is 0.473. The van der Waals surface area contributed by atoms with Gasteiger partial charge in [-0.2, -0.15) is 5.26 Å². The summed E-state index contributed by atoms with van der Waals surface area (Å²) in [5.74, 6) is 0.113. The van der Waals surface area contributed by atoms with E-state index in [9.17, 15) is 19.6 Å². The van der Waals surface area contributed by atoms with Crippen molar-refractivity contribution in [2.45, 2.75) is 50.6 Å². The molecule has 1 aliphatic carbocycles. The number of hydrogen-bond donors (Lipinski definition) is 2. The molecule has 1 aliphatic heterocycles. The molecule has 1 aromatic heterocycles. The molecule has 4 unspecified atom stereocenters. The topological polar surface area (TPSA) is 115 Å². The number of methoxy groups -OCH3 is 1. The van der Waals surface area contributed by atoms with Crippen LogP contribution in [0.15, 0.2) is 54.6 Å². The number of amides is 2. The Hall–Kier alpha value is -4.12. The number of carbonyl (C=O) groups excluding carboxylic acids is 3. The van der Waals surface area contributed by atoms with Crippen LogP contribution >= 0.6 is 0 Å². The normalized spacial score (nSPS) is 21.8. The van der Waals surface area contributed by atoms with Crippen molar-refractivity contribution in [3.05, 3.63) is 65.9 Å². The van der Waals surface area contributed by atoms with E-state index in [-0.39, 0.29) is 29.4 Å². The highest BCUT2D eigenvalue weighted by Crippen LogP contribution is 2.31. The minimum absolute atomic E-state index is 0.0907. The van der Waals surface area contributed by atoms with Crippen LogP contribution in [-0.4, -0.2) is 53.2 Å². The Labute approximate surface area is 222 Å². The molecule has 196 valence electrons. The van der Waals surface area contributed by atoms with E-state index in [2.05, 4.69) is 16.4 Å². The lowest BCUT2D eigenvalue weighted by molar-refractivity contribution is -0.126. The van der Waals surface area contributed by atoms with Crippen molar-refractivity contribution in [3.63, 3.8) is 0 Å². The van der Waals surface area contributed by atoms with E-state index in [1.54, 1.807) is 18.1 Å². The molecular weight excluding hydrogens is 480 g/mol.